The summed E-state index contributed by atoms with van der Waals surface area (Å²) in [6, 6.07) is 7.81. The minimum atomic E-state index is -0.652. The number of pyridine rings is 1. The van der Waals surface area contributed by atoms with Crippen molar-refractivity contribution in [3.8, 4) is 16.9 Å². The zero-order chi connectivity index (χ0) is 19.1. The summed E-state index contributed by atoms with van der Waals surface area (Å²) in [4.78, 5) is 15.1. The van der Waals surface area contributed by atoms with Gasteiger partial charge in [-0.3, -0.25) is 4.79 Å². The van der Waals surface area contributed by atoms with E-state index in [1.165, 1.54) is 30.6 Å². The lowest BCUT2D eigenvalue weighted by Gasteiger charge is -2.15. The van der Waals surface area contributed by atoms with Gasteiger partial charge in [-0.25, -0.2) is 8.78 Å². The van der Waals surface area contributed by atoms with Gasteiger partial charge in [0.15, 0.2) is 0 Å². The molecule has 0 saturated carbocycles. The van der Waals surface area contributed by atoms with Crippen LogP contribution >= 0.6 is 11.3 Å². The van der Waals surface area contributed by atoms with Crippen LogP contribution in [-0.4, -0.2) is 18.6 Å². The Hall–Kier alpha value is -2.77. The molecular formula is C20H16F2N2O2S. The molecular weight excluding hydrogens is 370 g/mol. The topological polar surface area (TPSA) is 68.1 Å². The highest BCUT2D eigenvalue weighted by molar-refractivity contribution is 7.17. The molecule has 0 atom stereocenters. The molecule has 2 aromatic heterocycles. The summed E-state index contributed by atoms with van der Waals surface area (Å²) in [5.41, 5.74) is 6.67. The lowest BCUT2D eigenvalue weighted by atomic mass is 9.95. The van der Waals surface area contributed by atoms with Crippen LogP contribution in [0.4, 0.5) is 8.78 Å². The van der Waals surface area contributed by atoms with E-state index in [0.717, 1.165) is 5.39 Å². The highest BCUT2D eigenvalue weighted by atomic mass is 32.1. The van der Waals surface area contributed by atoms with Crippen LogP contribution in [0.1, 0.15) is 5.56 Å². The van der Waals surface area contributed by atoms with Crippen LogP contribution < -0.4 is 16.0 Å². The average Bonchev–Trinajstić information content (AvgIpc) is 3.14. The maximum Gasteiger partial charge on any atom is 0.266 e. The number of nitrogens with two attached hydrogens (primary N) is 1. The van der Waals surface area contributed by atoms with Crippen molar-refractivity contribution in [2.45, 2.75) is 6.42 Å². The summed E-state index contributed by atoms with van der Waals surface area (Å²) in [5, 5.41) is 3.23. The Kier molecular flexibility index (Phi) is 4.41. The number of halogens is 2. The molecule has 0 unspecified atom stereocenters. The SMILES string of the molecule is COc1ccc2[nH]c(=O)c3sccc3c2c1-c1cc(F)c(CCN)c(F)c1. The van der Waals surface area contributed by atoms with Crippen molar-refractivity contribution in [1.82, 2.24) is 4.98 Å². The third-order valence-corrected chi connectivity index (χ3v) is 5.51. The molecule has 138 valence electrons. The fourth-order valence-electron chi connectivity index (χ4n) is 3.42. The maximum atomic E-state index is 14.5. The number of benzene rings is 2. The van der Waals surface area contributed by atoms with Gasteiger partial charge in [-0.05, 0) is 54.2 Å². The van der Waals surface area contributed by atoms with E-state index in [2.05, 4.69) is 4.98 Å². The molecule has 2 aromatic carbocycles. The number of fused-ring (bicyclic) bond motifs is 3. The molecule has 0 amide bonds. The van der Waals surface area contributed by atoms with Crippen LogP contribution in [0, 0.1) is 11.6 Å². The second-order valence-electron chi connectivity index (χ2n) is 6.14. The molecule has 27 heavy (non-hydrogen) atoms. The van der Waals surface area contributed by atoms with Gasteiger partial charge in [0.1, 0.15) is 22.1 Å². The molecule has 0 aliphatic rings. The number of aromatic nitrogens is 1. The van der Waals surface area contributed by atoms with Crippen molar-refractivity contribution < 1.29 is 13.5 Å². The van der Waals surface area contributed by atoms with Crippen molar-refractivity contribution in [2.75, 3.05) is 13.7 Å². The first-order valence-corrected chi connectivity index (χ1v) is 9.21. The third-order valence-electron chi connectivity index (χ3n) is 4.60. The van der Waals surface area contributed by atoms with Crippen LogP contribution in [0.25, 0.3) is 32.1 Å². The quantitative estimate of drug-likeness (QED) is 0.552. The van der Waals surface area contributed by atoms with Crippen LogP contribution in [0.2, 0.25) is 0 Å². The van der Waals surface area contributed by atoms with E-state index in [4.69, 9.17) is 10.5 Å². The first kappa shape index (κ1) is 17.6. The molecule has 4 nitrogen and oxygen atoms in total. The Morgan fingerprint density at radius 2 is 1.93 bits per heavy atom. The van der Waals surface area contributed by atoms with Gasteiger partial charge in [-0.2, -0.15) is 0 Å². The van der Waals surface area contributed by atoms with Gasteiger partial charge in [0, 0.05) is 27.4 Å². The first-order chi connectivity index (χ1) is 13.0. The number of H-pyrrole nitrogens is 1. The van der Waals surface area contributed by atoms with Crippen molar-refractivity contribution >= 4 is 32.3 Å². The lowest BCUT2D eigenvalue weighted by molar-refractivity contribution is 0.417. The van der Waals surface area contributed by atoms with Gasteiger partial charge in [0.05, 0.1) is 7.11 Å². The molecule has 0 bridgehead atoms. The van der Waals surface area contributed by atoms with Crippen molar-refractivity contribution in [1.29, 1.82) is 0 Å². The van der Waals surface area contributed by atoms with Crippen molar-refractivity contribution in [2.24, 2.45) is 5.73 Å². The van der Waals surface area contributed by atoms with Crippen molar-refractivity contribution in [3.63, 3.8) is 0 Å². The fourth-order valence-corrected chi connectivity index (χ4v) is 4.21. The fraction of sp³-hybridized carbons (Fsp3) is 0.150. The molecule has 0 radical (unpaired) electrons. The summed E-state index contributed by atoms with van der Waals surface area (Å²) < 4.78 is 35.1. The van der Waals surface area contributed by atoms with Gasteiger partial charge < -0.3 is 15.5 Å². The van der Waals surface area contributed by atoms with Gasteiger partial charge in [0.25, 0.3) is 5.56 Å². The second kappa shape index (κ2) is 6.75. The summed E-state index contributed by atoms with van der Waals surface area (Å²) in [6.07, 6.45) is 0.118. The minimum absolute atomic E-state index is 0.0328. The van der Waals surface area contributed by atoms with E-state index >= 15 is 0 Å². The molecule has 0 aliphatic carbocycles. The number of rotatable bonds is 4. The van der Waals surface area contributed by atoms with Gasteiger partial charge >= 0.3 is 0 Å². The molecule has 4 rings (SSSR count). The first-order valence-electron chi connectivity index (χ1n) is 8.33. The lowest BCUT2D eigenvalue weighted by Crippen LogP contribution is -2.07. The number of aromatic amines is 1. The summed E-state index contributed by atoms with van der Waals surface area (Å²) in [5.74, 6) is -0.839. The number of hydrogen-bond acceptors (Lipinski definition) is 4. The molecule has 7 heteroatoms. The largest absolute Gasteiger partial charge is 0.496 e. The van der Waals surface area contributed by atoms with Crippen LogP contribution in [0.5, 0.6) is 5.75 Å². The summed E-state index contributed by atoms with van der Waals surface area (Å²) in [7, 11) is 1.50. The molecule has 0 spiro atoms. The second-order valence-corrected chi connectivity index (χ2v) is 7.06. The Balaban J connectivity index is 2.12. The van der Waals surface area contributed by atoms with E-state index in [9.17, 15) is 13.6 Å². The Labute approximate surface area is 157 Å². The summed E-state index contributed by atoms with van der Waals surface area (Å²) in [6.45, 7) is 0.154. The monoisotopic (exact) mass is 386 g/mol. The highest BCUT2D eigenvalue weighted by Crippen LogP contribution is 2.41. The molecule has 0 fully saturated rings. The van der Waals surface area contributed by atoms with Gasteiger partial charge in [0.2, 0.25) is 0 Å². The third kappa shape index (κ3) is 2.79. The normalized spacial score (nSPS) is 11.4. The number of nitrogens with one attached hydrogen (secondary N) is 1. The number of methoxy groups -OCH3 is 1. The number of thiophene rings is 1. The van der Waals surface area contributed by atoms with Crippen LogP contribution in [0.3, 0.4) is 0 Å². The average molecular weight is 386 g/mol. The Morgan fingerprint density at radius 1 is 1.19 bits per heavy atom. The number of hydrogen-bond donors (Lipinski definition) is 2. The zero-order valence-corrected chi connectivity index (χ0v) is 15.3. The molecule has 2 heterocycles. The maximum absolute atomic E-state index is 14.5. The molecule has 3 N–H and O–H groups in total. The van der Waals surface area contributed by atoms with E-state index in [1.807, 2.05) is 11.4 Å². The van der Waals surface area contributed by atoms with Crippen LogP contribution in [-0.2, 0) is 6.42 Å². The zero-order valence-electron chi connectivity index (χ0n) is 14.4. The number of ether oxygens (including phenoxy) is 1. The Bertz CT molecular complexity index is 1210. The van der Waals surface area contributed by atoms with E-state index in [1.54, 1.807) is 12.1 Å². The van der Waals surface area contributed by atoms with Crippen LogP contribution in [0.15, 0.2) is 40.5 Å². The minimum Gasteiger partial charge on any atom is -0.496 e. The smallest absolute Gasteiger partial charge is 0.266 e. The van der Waals surface area contributed by atoms with E-state index in [-0.39, 0.29) is 24.1 Å². The molecule has 0 aliphatic heterocycles. The predicted octanol–water partition coefficient (Wildman–Crippen LogP) is 4.20. The standard InChI is InChI=1S/C20H16F2N2O2S/c1-26-16-3-2-15-18(12-5-7-27-19(12)20(25)24-15)17(16)10-8-13(21)11(4-6-23)14(22)9-10/h2-3,5,7-9H,4,6,23H2,1H3,(H,24,25). The van der Waals surface area contributed by atoms with E-state index < -0.39 is 11.6 Å². The summed E-state index contributed by atoms with van der Waals surface area (Å²) >= 11 is 1.31. The van der Waals surface area contributed by atoms with Gasteiger partial charge in [-0.1, -0.05) is 0 Å². The predicted molar refractivity (Wildman–Crippen MR) is 105 cm³/mol. The Morgan fingerprint density at radius 3 is 2.59 bits per heavy atom. The molecule has 0 saturated heterocycles. The highest BCUT2D eigenvalue weighted by Gasteiger charge is 2.19. The molecule has 4 aromatic rings. The van der Waals surface area contributed by atoms with Crippen molar-refractivity contribution in [3.05, 3.63) is 63.3 Å². The van der Waals surface area contributed by atoms with Gasteiger partial charge in [-0.15, -0.1) is 11.3 Å². The van der Waals surface area contributed by atoms with E-state index in [0.29, 0.717) is 32.5 Å².